The Bertz CT molecular complexity index is 1010. The average molecular weight is 455 g/mol. The molecule has 7 heteroatoms. The summed E-state index contributed by atoms with van der Waals surface area (Å²) in [7, 11) is 3.20. The summed E-state index contributed by atoms with van der Waals surface area (Å²) in [5, 5.41) is 0. The zero-order valence-corrected chi connectivity index (χ0v) is 19.3. The molecule has 176 valence electrons. The maximum atomic E-state index is 13.6. The number of carbonyl (C=O) groups excluding carboxylic acids is 2. The van der Waals surface area contributed by atoms with E-state index in [9.17, 15) is 14.0 Å². The van der Waals surface area contributed by atoms with Gasteiger partial charge in [0.2, 0.25) is 11.8 Å². The van der Waals surface area contributed by atoms with E-state index in [4.69, 9.17) is 9.47 Å². The lowest BCUT2D eigenvalue weighted by Gasteiger charge is -2.27. The van der Waals surface area contributed by atoms with E-state index in [0.29, 0.717) is 44.0 Å². The molecule has 0 aromatic heterocycles. The van der Waals surface area contributed by atoms with E-state index >= 15 is 0 Å². The zero-order chi connectivity index (χ0) is 23.4. The van der Waals surface area contributed by atoms with Crippen LogP contribution in [0.2, 0.25) is 0 Å². The first kappa shape index (κ1) is 23.1. The molecule has 2 atom stereocenters. The molecule has 2 unspecified atom stereocenters. The standard InChI is InChI=1S/C26H31FN2O4/c1-32-23-9-8-18(15-24(23)33-2)10-12-28-17-20(16-25(28)30)26(31)29-11-4-7-22(29)14-19-5-3-6-21(27)13-19/h3,5-6,8-9,13,15,20,22H,4,7,10-12,14,16-17H2,1-2H3. The largest absolute Gasteiger partial charge is 0.493 e. The Morgan fingerprint density at radius 1 is 1.09 bits per heavy atom. The highest BCUT2D eigenvalue weighted by atomic mass is 19.1. The van der Waals surface area contributed by atoms with Crippen molar-refractivity contribution in [2.75, 3.05) is 33.9 Å². The van der Waals surface area contributed by atoms with Gasteiger partial charge >= 0.3 is 0 Å². The first-order valence-electron chi connectivity index (χ1n) is 11.5. The number of carbonyl (C=O) groups is 2. The fraction of sp³-hybridized carbons (Fsp3) is 0.462. The van der Waals surface area contributed by atoms with Crippen LogP contribution in [0.4, 0.5) is 4.39 Å². The van der Waals surface area contributed by atoms with Crippen LogP contribution in [0.25, 0.3) is 0 Å². The van der Waals surface area contributed by atoms with Gasteiger partial charge in [-0.15, -0.1) is 0 Å². The van der Waals surface area contributed by atoms with Crippen LogP contribution in [0.1, 0.15) is 30.4 Å². The molecule has 2 heterocycles. The van der Waals surface area contributed by atoms with Crippen LogP contribution in [0.5, 0.6) is 11.5 Å². The molecule has 2 fully saturated rings. The van der Waals surface area contributed by atoms with Crippen LogP contribution in [0.15, 0.2) is 42.5 Å². The predicted octanol–water partition coefficient (Wildman–Crippen LogP) is 3.47. The van der Waals surface area contributed by atoms with Crippen LogP contribution in [-0.2, 0) is 22.4 Å². The van der Waals surface area contributed by atoms with E-state index < -0.39 is 0 Å². The summed E-state index contributed by atoms with van der Waals surface area (Å²) in [6.07, 6.45) is 3.43. The zero-order valence-electron chi connectivity index (χ0n) is 19.3. The third-order valence-electron chi connectivity index (χ3n) is 6.70. The van der Waals surface area contributed by atoms with Crippen molar-refractivity contribution in [2.45, 2.75) is 38.1 Å². The molecule has 2 aliphatic heterocycles. The number of amides is 2. The summed E-state index contributed by atoms with van der Waals surface area (Å²) in [5.41, 5.74) is 1.95. The van der Waals surface area contributed by atoms with E-state index in [1.54, 1.807) is 25.2 Å². The summed E-state index contributed by atoms with van der Waals surface area (Å²) in [5.74, 6) is 0.841. The monoisotopic (exact) mass is 454 g/mol. The molecular weight excluding hydrogens is 423 g/mol. The molecule has 0 N–H and O–H groups in total. The SMILES string of the molecule is COc1ccc(CCN2CC(C(=O)N3CCCC3Cc3cccc(F)c3)CC2=O)cc1OC. The third kappa shape index (κ3) is 5.29. The molecule has 4 rings (SSSR count). The second kappa shape index (κ2) is 10.2. The highest BCUT2D eigenvalue weighted by molar-refractivity contribution is 5.89. The fourth-order valence-corrected chi connectivity index (χ4v) is 4.96. The summed E-state index contributed by atoms with van der Waals surface area (Å²) < 4.78 is 24.2. The summed E-state index contributed by atoms with van der Waals surface area (Å²) in [6.45, 7) is 1.72. The minimum Gasteiger partial charge on any atom is -0.493 e. The number of likely N-dealkylation sites (tertiary alicyclic amines) is 2. The predicted molar refractivity (Wildman–Crippen MR) is 123 cm³/mol. The summed E-state index contributed by atoms with van der Waals surface area (Å²) in [6, 6.07) is 12.4. The molecule has 2 saturated heterocycles. The number of ether oxygens (including phenoxy) is 2. The third-order valence-corrected chi connectivity index (χ3v) is 6.70. The molecule has 0 saturated carbocycles. The molecule has 2 aliphatic rings. The minimum atomic E-state index is -0.309. The average Bonchev–Trinajstić information content (AvgIpc) is 3.43. The summed E-state index contributed by atoms with van der Waals surface area (Å²) in [4.78, 5) is 29.6. The molecular formula is C26H31FN2O4. The second-order valence-electron chi connectivity index (χ2n) is 8.84. The molecule has 0 bridgehead atoms. The first-order chi connectivity index (χ1) is 16.0. The van der Waals surface area contributed by atoms with Gasteiger partial charge in [0.05, 0.1) is 20.1 Å². The van der Waals surface area contributed by atoms with Crippen molar-refractivity contribution in [3.8, 4) is 11.5 Å². The Kier molecular flexibility index (Phi) is 7.16. The molecule has 2 amide bonds. The van der Waals surface area contributed by atoms with Crippen molar-refractivity contribution < 1.29 is 23.5 Å². The number of rotatable bonds is 8. The van der Waals surface area contributed by atoms with Gasteiger partial charge < -0.3 is 19.3 Å². The van der Waals surface area contributed by atoms with E-state index in [1.807, 2.05) is 29.2 Å². The number of nitrogens with zero attached hydrogens (tertiary/aromatic N) is 2. The lowest BCUT2D eigenvalue weighted by Crippen LogP contribution is -2.41. The Morgan fingerprint density at radius 3 is 2.67 bits per heavy atom. The van der Waals surface area contributed by atoms with Gasteiger partial charge in [0.1, 0.15) is 5.82 Å². The first-order valence-corrected chi connectivity index (χ1v) is 11.5. The van der Waals surface area contributed by atoms with Crippen LogP contribution >= 0.6 is 0 Å². The molecule has 0 radical (unpaired) electrons. The van der Waals surface area contributed by atoms with Crippen LogP contribution in [0.3, 0.4) is 0 Å². The molecule has 2 aromatic carbocycles. The van der Waals surface area contributed by atoms with Gasteiger partial charge in [-0.05, 0) is 61.1 Å². The molecule has 0 aliphatic carbocycles. The minimum absolute atomic E-state index is 0.0229. The van der Waals surface area contributed by atoms with Crippen LogP contribution < -0.4 is 9.47 Å². The quantitative estimate of drug-likeness (QED) is 0.613. The lowest BCUT2D eigenvalue weighted by atomic mass is 10.0. The molecule has 6 nitrogen and oxygen atoms in total. The lowest BCUT2D eigenvalue weighted by molar-refractivity contribution is -0.136. The van der Waals surface area contributed by atoms with Gasteiger partial charge in [0, 0.05) is 32.1 Å². The van der Waals surface area contributed by atoms with Gasteiger partial charge in [-0.25, -0.2) is 4.39 Å². The van der Waals surface area contributed by atoms with E-state index in [2.05, 4.69) is 0 Å². The van der Waals surface area contributed by atoms with E-state index in [-0.39, 0.29) is 36.0 Å². The number of halogens is 1. The topological polar surface area (TPSA) is 59.1 Å². The van der Waals surface area contributed by atoms with Crippen molar-refractivity contribution >= 4 is 11.8 Å². The Balaban J connectivity index is 1.35. The number of methoxy groups -OCH3 is 2. The summed E-state index contributed by atoms with van der Waals surface area (Å²) >= 11 is 0. The van der Waals surface area contributed by atoms with Crippen molar-refractivity contribution in [3.05, 3.63) is 59.4 Å². The Labute approximate surface area is 194 Å². The van der Waals surface area contributed by atoms with Gasteiger partial charge in [0.15, 0.2) is 11.5 Å². The van der Waals surface area contributed by atoms with Crippen molar-refractivity contribution in [1.29, 1.82) is 0 Å². The normalized spacial score (nSPS) is 20.4. The van der Waals surface area contributed by atoms with Crippen molar-refractivity contribution in [3.63, 3.8) is 0 Å². The van der Waals surface area contributed by atoms with Crippen LogP contribution in [-0.4, -0.2) is 61.5 Å². The molecule has 2 aromatic rings. The van der Waals surface area contributed by atoms with Gasteiger partial charge in [0.25, 0.3) is 0 Å². The Morgan fingerprint density at radius 2 is 1.91 bits per heavy atom. The maximum absolute atomic E-state index is 13.6. The smallest absolute Gasteiger partial charge is 0.228 e. The number of benzene rings is 2. The number of hydrogen-bond acceptors (Lipinski definition) is 4. The van der Waals surface area contributed by atoms with Gasteiger partial charge in [-0.3, -0.25) is 9.59 Å². The van der Waals surface area contributed by atoms with Crippen molar-refractivity contribution in [2.24, 2.45) is 5.92 Å². The molecule has 0 spiro atoms. The fourth-order valence-electron chi connectivity index (χ4n) is 4.96. The number of hydrogen-bond donors (Lipinski definition) is 0. The highest BCUT2D eigenvalue weighted by Gasteiger charge is 2.39. The second-order valence-corrected chi connectivity index (χ2v) is 8.84. The van der Waals surface area contributed by atoms with Crippen LogP contribution in [0, 0.1) is 11.7 Å². The Hall–Kier alpha value is -3.09. The van der Waals surface area contributed by atoms with Gasteiger partial charge in [-0.1, -0.05) is 18.2 Å². The van der Waals surface area contributed by atoms with Crippen molar-refractivity contribution in [1.82, 2.24) is 9.80 Å². The van der Waals surface area contributed by atoms with E-state index in [0.717, 1.165) is 24.0 Å². The molecule has 33 heavy (non-hydrogen) atoms. The van der Waals surface area contributed by atoms with E-state index in [1.165, 1.54) is 12.1 Å². The maximum Gasteiger partial charge on any atom is 0.228 e. The highest BCUT2D eigenvalue weighted by Crippen LogP contribution is 2.29. The van der Waals surface area contributed by atoms with Gasteiger partial charge in [-0.2, -0.15) is 0 Å².